The monoisotopic (exact) mass is 469 g/mol. The Kier molecular flexibility index (Phi) is 8.01. The predicted molar refractivity (Wildman–Crippen MR) is 128 cm³/mol. The Bertz CT molecular complexity index is 1030. The minimum Gasteiger partial charge on any atom is -0.443 e. The van der Waals surface area contributed by atoms with E-state index in [2.05, 4.69) is 15.6 Å². The van der Waals surface area contributed by atoms with Crippen molar-refractivity contribution in [1.29, 1.82) is 0 Å². The van der Waals surface area contributed by atoms with Crippen LogP contribution in [0.2, 0.25) is 0 Å². The zero-order valence-electron chi connectivity index (χ0n) is 17.8. The van der Waals surface area contributed by atoms with Crippen molar-refractivity contribution in [1.82, 2.24) is 15.6 Å². The number of nitrogens with one attached hydrogen (secondary N) is 2. The molecule has 6 nitrogen and oxygen atoms in total. The van der Waals surface area contributed by atoms with Gasteiger partial charge < -0.3 is 15.1 Å². The van der Waals surface area contributed by atoms with E-state index in [1.807, 2.05) is 35.7 Å². The number of aromatic nitrogens is 1. The van der Waals surface area contributed by atoms with Gasteiger partial charge in [-0.05, 0) is 42.3 Å². The fourth-order valence-electron chi connectivity index (χ4n) is 3.79. The average Bonchev–Trinajstić information content (AvgIpc) is 3.53. The number of hydrogen-bond donors (Lipinski definition) is 2. The van der Waals surface area contributed by atoms with Gasteiger partial charge in [0.25, 0.3) is 5.91 Å². The van der Waals surface area contributed by atoms with Gasteiger partial charge in [0.05, 0.1) is 28.4 Å². The van der Waals surface area contributed by atoms with Crippen LogP contribution in [0, 0.1) is 5.92 Å². The number of carbonyl (C=O) groups excluding carboxylic acids is 2. The highest BCUT2D eigenvalue weighted by molar-refractivity contribution is 8.00. The van der Waals surface area contributed by atoms with Crippen LogP contribution < -0.4 is 10.6 Å². The van der Waals surface area contributed by atoms with E-state index < -0.39 is 0 Å². The molecule has 1 fully saturated rings. The van der Waals surface area contributed by atoms with E-state index in [0.717, 1.165) is 16.3 Å². The number of oxazole rings is 1. The third-order valence-electron chi connectivity index (χ3n) is 5.52. The second kappa shape index (κ2) is 11.3. The van der Waals surface area contributed by atoms with Crippen LogP contribution in [0.25, 0.3) is 10.8 Å². The quantitative estimate of drug-likeness (QED) is 0.425. The molecule has 2 amide bonds. The standard InChI is InChI=1S/C24H27N3O3S2/c28-22(25-13-17-7-2-1-3-8-17)16-32-20-10-5-4-9-19(20)23(29)26-14-18-15-30-24(27-18)21-11-6-12-31-21/h4-6,9-12,15,17H,1-3,7-8,13-14,16H2,(H,25,28)(H,26,29). The van der Waals surface area contributed by atoms with Gasteiger partial charge in [-0.1, -0.05) is 37.5 Å². The molecule has 1 aliphatic rings. The summed E-state index contributed by atoms with van der Waals surface area (Å²) < 4.78 is 5.50. The van der Waals surface area contributed by atoms with Crippen LogP contribution in [0.3, 0.4) is 0 Å². The summed E-state index contributed by atoms with van der Waals surface area (Å²) in [6.07, 6.45) is 7.81. The lowest BCUT2D eigenvalue weighted by molar-refractivity contribution is -0.118. The van der Waals surface area contributed by atoms with E-state index in [0.29, 0.717) is 28.8 Å². The Balaban J connectivity index is 1.27. The first-order chi connectivity index (χ1) is 15.7. The van der Waals surface area contributed by atoms with E-state index in [4.69, 9.17) is 4.42 Å². The summed E-state index contributed by atoms with van der Waals surface area (Å²) in [4.78, 5) is 31.2. The van der Waals surface area contributed by atoms with Gasteiger partial charge in [-0.15, -0.1) is 23.1 Å². The van der Waals surface area contributed by atoms with E-state index in [1.54, 1.807) is 23.7 Å². The minimum absolute atomic E-state index is 0.0134. The second-order valence-electron chi connectivity index (χ2n) is 7.90. The molecule has 0 unspecified atom stereocenters. The van der Waals surface area contributed by atoms with Crippen molar-refractivity contribution in [2.45, 2.75) is 43.5 Å². The summed E-state index contributed by atoms with van der Waals surface area (Å²) >= 11 is 2.94. The summed E-state index contributed by atoms with van der Waals surface area (Å²) in [5.41, 5.74) is 1.22. The molecule has 1 aliphatic carbocycles. The summed E-state index contributed by atoms with van der Waals surface area (Å²) in [5.74, 6) is 1.27. The maximum atomic E-state index is 12.8. The van der Waals surface area contributed by atoms with Gasteiger partial charge in [0.1, 0.15) is 6.26 Å². The van der Waals surface area contributed by atoms with Crippen molar-refractivity contribution in [3.05, 3.63) is 59.3 Å². The van der Waals surface area contributed by atoms with E-state index in [9.17, 15) is 9.59 Å². The number of carbonyl (C=O) groups is 2. The Labute approximate surface area is 196 Å². The molecule has 0 radical (unpaired) electrons. The summed E-state index contributed by atoms with van der Waals surface area (Å²) in [6.45, 7) is 1.03. The molecule has 0 saturated heterocycles. The van der Waals surface area contributed by atoms with Crippen molar-refractivity contribution in [2.75, 3.05) is 12.3 Å². The molecule has 4 rings (SSSR count). The molecule has 0 atom stereocenters. The molecule has 168 valence electrons. The molecule has 1 aromatic carbocycles. The maximum absolute atomic E-state index is 12.8. The molecule has 2 heterocycles. The molecule has 0 bridgehead atoms. The lowest BCUT2D eigenvalue weighted by Crippen LogP contribution is -2.31. The molecule has 2 aromatic heterocycles. The fraction of sp³-hybridized carbons (Fsp3) is 0.375. The van der Waals surface area contributed by atoms with Crippen LogP contribution in [-0.2, 0) is 11.3 Å². The number of amides is 2. The first kappa shape index (κ1) is 22.6. The first-order valence-electron chi connectivity index (χ1n) is 10.9. The van der Waals surface area contributed by atoms with Crippen LogP contribution in [0.5, 0.6) is 0 Å². The first-order valence-corrected chi connectivity index (χ1v) is 12.8. The van der Waals surface area contributed by atoms with Gasteiger partial charge >= 0.3 is 0 Å². The van der Waals surface area contributed by atoms with Gasteiger partial charge in [-0.25, -0.2) is 4.98 Å². The fourth-order valence-corrected chi connectivity index (χ4v) is 5.33. The summed E-state index contributed by atoms with van der Waals surface area (Å²) in [7, 11) is 0. The van der Waals surface area contributed by atoms with Crippen LogP contribution in [-0.4, -0.2) is 29.1 Å². The third kappa shape index (κ3) is 6.23. The third-order valence-corrected chi connectivity index (χ3v) is 7.45. The molecule has 1 saturated carbocycles. The number of hydrogen-bond acceptors (Lipinski definition) is 6. The molecule has 8 heteroatoms. The predicted octanol–water partition coefficient (Wildman–Crippen LogP) is 5.12. The lowest BCUT2D eigenvalue weighted by atomic mass is 9.89. The van der Waals surface area contributed by atoms with E-state index >= 15 is 0 Å². The molecular weight excluding hydrogens is 442 g/mol. The van der Waals surface area contributed by atoms with Crippen LogP contribution in [0.1, 0.15) is 48.2 Å². The summed E-state index contributed by atoms with van der Waals surface area (Å²) in [5, 5.41) is 7.92. The van der Waals surface area contributed by atoms with Gasteiger partial charge in [0.2, 0.25) is 11.8 Å². The molecule has 3 aromatic rings. The number of rotatable bonds is 9. The minimum atomic E-state index is -0.198. The largest absolute Gasteiger partial charge is 0.443 e. The maximum Gasteiger partial charge on any atom is 0.252 e. The molecular formula is C24H27N3O3S2. The highest BCUT2D eigenvalue weighted by Gasteiger charge is 2.16. The SMILES string of the molecule is O=C(CSc1ccccc1C(=O)NCc1coc(-c2cccs2)n1)NCC1CCCCC1. The van der Waals surface area contributed by atoms with Gasteiger partial charge in [0.15, 0.2) is 0 Å². The van der Waals surface area contributed by atoms with Crippen molar-refractivity contribution in [3.8, 4) is 10.8 Å². The molecule has 2 N–H and O–H groups in total. The Morgan fingerprint density at radius 2 is 1.94 bits per heavy atom. The number of thiophene rings is 1. The molecule has 32 heavy (non-hydrogen) atoms. The molecule has 0 aliphatic heterocycles. The van der Waals surface area contributed by atoms with Crippen molar-refractivity contribution in [2.24, 2.45) is 5.92 Å². The van der Waals surface area contributed by atoms with Gasteiger partial charge in [0, 0.05) is 11.4 Å². The number of benzene rings is 1. The average molecular weight is 470 g/mol. The van der Waals surface area contributed by atoms with Crippen molar-refractivity contribution in [3.63, 3.8) is 0 Å². The topological polar surface area (TPSA) is 84.2 Å². The zero-order chi connectivity index (χ0) is 22.2. The Hall–Kier alpha value is -2.58. The van der Waals surface area contributed by atoms with Crippen LogP contribution in [0.15, 0.2) is 57.4 Å². The van der Waals surface area contributed by atoms with Crippen LogP contribution >= 0.6 is 23.1 Å². The number of nitrogens with zero attached hydrogens (tertiary/aromatic N) is 1. The summed E-state index contributed by atoms with van der Waals surface area (Å²) in [6, 6.07) is 11.2. The highest BCUT2D eigenvalue weighted by Crippen LogP contribution is 2.25. The zero-order valence-corrected chi connectivity index (χ0v) is 19.5. The van der Waals surface area contributed by atoms with Crippen LogP contribution in [0.4, 0.5) is 0 Å². The Morgan fingerprint density at radius 1 is 1.09 bits per heavy atom. The molecule has 0 spiro atoms. The normalized spacial score (nSPS) is 14.2. The lowest BCUT2D eigenvalue weighted by Gasteiger charge is -2.21. The van der Waals surface area contributed by atoms with Gasteiger partial charge in [-0.3, -0.25) is 9.59 Å². The number of thioether (sulfide) groups is 1. The van der Waals surface area contributed by atoms with Crippen molar-refractivity contribution >= 4 is 34.9 Å². The van der Waals surface area contributed by atoms with Gasteiger partial charge in [-0.2, -0.15) is 0 Å². The Morgan fingerprint density at radius 3 is 2.75 bits per heavy atom. The highest BCUT2D eigenvalue weighted by atomic mass is 32.2. The smallest absolute Gasteiger partial charge is 0.252 e. The van der Waals surface area contributed by atoms with E-state index in [1.165, 1.54) is 43.9 Å². The van der Waals surface area contributed by atoms with E-state index in [-0.39, 0.29) is 18.4 Å². The van der Waals surface area contributed by atoms with Crippen molar-refractivity contribution < 1.29 is 14.0 Å². The second-order valence-corrected chi connectivity index (χ2v) is 9.86.